The molecule has 1 unspecified atom stereocenters. The van der Waals surface area contributed by atoms with Crippen LogP contribution in [0.4, 0.5) is 0 Å². The van der Waals surface area contributed by atoms with Crippen LogP contribution in [0.25, 0.3) is 16.6 Å². The van der Waals surface area contributed by atoms with E-state index in [0.29, 0.717) is 0 Å². The zero-order valence-electron chi connectivity index (χ0n) is 15.3. The lowest BCUT2D eigenvalue weighted by molar-refractivity contribution is 0.190. The number of rotatable bonds is 6. The Morgan fingerprint density at radius 2 is 2.00 bits per heavy atom. The van der Waals surface area contributed by atoms with Crippen LogP contribution in [0.1, 0.15) is 11.1 Å². The summed E-state index contributed by atoms with van der Waals surface area (Å²) in [5, 5.41) is 11.1. The van der Waals surface area contributed by atoms with E-state index in [1.54, 1.807) is 7.11 Å². The Hall–Kier alpha value is -3.05. The van der Waals surface area contributed by atoms with E-state index in [2.05, 4.69) is 33.1 Å². The maximum atomic E-state index is 9.94. The van der Waals surface area contributed by atoms with Crippen molar-refractivity contribution in [1.82, 2.24) is 9.88 Å². The van der Waals surface area contributed by atoms with Gasteiger partial charge in [0.15, 0.2) is 0 Å². The molecule has 1 aliphatic heterocycles. The molecule has 5 nitrogen and oxygen atoms in total. The summed E-state index contributed by atoms with van der Waals surface area (Å²) in [4.78, 5) is 9.99. The van der Waals surface area contributed by atoms with Crippen molar-refractivity contribution in [3.8, 4) is 5.75 Å². The predicted molar refractivity (Wildman–Crippen MR) is 109 cm³/mol. The van der Waals surface area contributed by atoms with Crippen LogP contribution in [-0.4, -0.2) is 47.6 Å². The third-order valence-electron chi connectivity index (χ3n) is 5.04. The summed E-state index contributed by atoms with van der Waals surface area (Å²) in [6.07, 6.45) is 6.74. The lowest BCUT2D eigenvalue weighted by Gasteiger charge is -2.29. The Kier molecular flexibility index (Phi) is 4.94. The smallest absolute Gasteiger partial charge is 0.118 e. The van der Waals surface area contributed by atoms with Gasteiger partial charge < -0.3 is 19.7 Å². The molecule has 1 aliphatic rings. The van der Waals surface area contributed by atoms with Crippen LogP contribution >= 0.6 is 0 Å². The Morgan fingerprint density at radius 3 is 2.70 bits per heavy atom. The summed E-state index contributed by atoms with van der Waals surface area (Å²) in [7, 11) is 1.66. The van der Waals surface area contributed by atoms with Crippen molar-refractivity contribution in [2.75, 3.05) is 20.3 Å². The van der Waals surface area contributed by atoms with Crippen LogP contribution in [0.5, 0.6) is 5.75 Å². The van der Waals surface area contributed by atoms with Gasteiger partial charge in [0.25, 0.3) is 0 Å². The van der Waals surface area contributed by atoms with E-state index >= 15 is 0 Å². The number of aromatic amines is 1. The molecule has 3 aromatic rings. The highest BCUT2D eigenvalue weighted by atomic mass is 16.5. The zero-order chi connectivity index (χ0) is 18.6. The van der Waals surface area contributed by atoms with Gasteiger partial charge in [0.05, 0.1) is 31.8 Å². The molecule has 138 valence electrons. The van der Waals surface area contributed by atoms with Crippen LogP contribution in [0.3, 0.4) is 0 Å². The van der Waals surface area contributed by atoms with E-state index in [-0.39, 0.29) is 12.6 Å². The highest BCUT2D eigenvalue weighted by Crippen LogP contribution is 2.24. The van der Waals surface area contributed by atoms with Crippen molar-refractivity contribution in [2.24, 2.45) is 4.99 Å². The minimum absolute atomic E-state index is 0.0124. The molecule has 0 aliphatic carbocycles. The molecular weight excluding hydrogens is 338 g/mol. The molecule has 4 rings (SSSR count). The van der Waals surface area contributed by atoms with Gasteiger partial charge >= 0.3 is 0 Å². The minimum Gasteiger partial charge on any atom is -0.497 e. The summed E-state index contributed by atoms with van der Waals surface area (Å²) in [6, 6.07) is 16.1. The fourth-order valence-corrected chi connectivity index (χ4v) is 3.47. The van der Waals surface area contributed by atoms with Crippen LogP contribution in [0.2, 0.25) is 0 Å². The largest absolute Gasteiger partial charge is 0.497 e. The molecule has 1 aromatic heterocycles. The molecule has 0 bridgehead atoms. The number of para-hydroxylation sites is 1. The van der Waals surface area contributed by atoms with E-state index in [1.165, 1.54) is 10.9 Å². The lowest BCUT2D eigenvalue weighted by Crippen LogP contribution is -2.39. The van der Waals surface area contributed by atoms with Crippen LogP contribution < -0.4 is 4.74 Å². The van der Waals surface area contributed by atoms with Crippen LogP contribution in [0.15, 0.2) is 65.8 Å². The molecule has 2 N–H and O–H groups in total. The SMILES string of the molecule is COc1ccc(C2=CCN(C(CO)Cc3c[nH]c4ccccc34)C=N2)cc1. The number of aliphatic hydroxyl groups excluding tert-OH is 1. The van der Waals surface area contributed by atoms with E-state index in [1.807, 2.05) is 48.9 Å². The van der Waals surface area contributed by atoms with Gasteiger partial charge in [-0.15, -0.1) is 0 Å². The molecule has 0 fully saturated rings. The predicted octanol–water partition coefficient (Wildman–Crippen LogP) is 3.46. The van der Waals surface area contributed by atoms with Gasteiger partial charge in [0.2, 0.25) is 0 Å². The third-order valence-corrected chi connectivity index (χ3v) is 5.04. The maximum Gasteiger partial charge on any atom is 0.118 e. The fraction of sp³-hybridized carbons (Fsp3) is 0.227. The van der Waals surface area contributed by atoms with Gasteiger partial charge in [-0.25, -0.2) is 4.99 Å². The Morgan fingerprint density at radius 1 is 1.19 bits per heavy atom. The van der Waals surface area contributed by atoms with Gasteiger partial charge in [-0.1, -0.05) is 18.2 Å². The number of aliphatic imine (C=N–C) groups is 1. The van der Waals surface area contributed by atoms with Gasteiger partial charge in [-0.05, 0) is 48.4 Å². The summed E-state index contributed by atoms with van der Waals surface area (Å²) in [6.45, 7) is 0.801. The second-order valence-electron chi connectivity index (χ2n) is 6.66. The summed E-state index contributed by atoms with van der Waals surface area (Å²) in [5.74, 6) is 0.833. The first-order valence-electron chi connectivity index (χ1n) is 9.09. The Bertz CT molecular complexity index is 973. The molecule has 0 radical (unpaired) electrons. The number of nitrogens with one attached hydrogen (secondary N) is 1. The summed E-state index contributed by atoms with van der Waals surface area (Å²) < 4.78 is 5.20. The van der Waals surface area contributed by atoms with Gasteiger partial charge in [0.1, 0.15) is 5.75 Å². The number of methoxy groups -OCH3 is 1. The van der Waals surface area contributed by atoms with E-state index in [9.17, 15) is 5.11 Å². The lowest BCUT2D eigenvalue weighted by atomic mass is 10.0. The van der Waals surface area contributed by atoms with Gasteiger partial charge in [-0.3, -0.25) is 0 Å². The summed E-state index contributed by atoms with van der Waals surface area (Å²) in [5.41, 5.74) is 4.34. The molecule has 0 saturated carbocycles. The number of aromatic nitrogens is 1. The van der Waals surface area contributed by atoms with Crippen molar-refractivity contribution in [3.05, 3.63) is 71.9 Å². The molecule has 27 heavy (non-hydrogen) atoms. The summed E-state index contributed by atoms with van der Waals surface area (Å²) >= 11 is 0. The normalized spacial score (nSPS) is 15.0. The van der Waals surface area contributed by atoms with Crippen molar-refractivity contribution in [2.45, 2.75) is 12.5 Å². The average Bonchev–Trinajstić information content (AvgIpc) is 3.15. The number of aliphatic hydroxyl groups is 1. The molecule has 0 amide bonds. The number of hydrogen-bond donors (Lipinski definition) is 2. The van der Waals surface area contributed by atoms with E-state index in [4.69, 9.17) is 4.74 Å². The van der Waals surface area contributed by atoms with Crippen LogP contribution in [-0.2, 0) is 6.42 Å². The van der Waals surface area contributed by atoms with E-state index < -0.39 is 0 Å². The van der Waals surface area contributed by atoms with Crippen LogP contribution in [0, 0.1) is 0 Å². The van der Waals surface area contributed by atoms with Crippen molar-refractivity contribution in [3.63, 3.8) is 0 Å². The molecule has 1 atom stereocenters. The highest BCUT2D eigenvalue weighted by Gasteiger charge is 2.19. The minimum atomic E-state index is -0.0124. The van der Waals surface area contributed by atoms with Crippen molar-refractivity contribution < 1.29 is 9.84 Å². The highest BCUT2D eigenvalue weighted by molar-refractivity contribution is 5.83. The van der Waals surface area contributed by atoms with Gasteiger partial charge in [-0.2, -0.15) is 0 Å². The van der Waals surface area contributed by atoms with Gasteiger partial charge in [0, 0.05) is 29.2 Å². The standard InChI is InChI=1S/C22H23N3O2/c1-27-19-8-6-16(7-9-19)21-10-11-25(15-24-21)18(14-26)12-17-13-23-22-5-3-2-4-20(17)22/h2-10,13,15,18,23,26H,11-12,14H2,1H3. The second kappa shape index (κ2) is 7.68. The number of H-pyrrole nitrogens is 1. The molecular formula is C22H23N3O2. The number of nitrogens with zero attached hydrogens (tertiary/aromatic N) is 2. The number of ether oxygens (including phenoxy) is 1. The quantitative estimate of drug-likeness (QED) is 0.707. The average molecular weight is 361 g/mol. The zero-order valence-corrected chi connectivity index (χ0v) is 15.3. The molecule has 2 heterocycles. The molecule has 5 heteroatoms. The van der Waals surface area contributed by atoms with Crippen molar-refractivity contribution in [1.29, 1.82) is 0 Å². The molecule has 2 aromatic carbocycles. The number of hydrogen-bond acceptors (Lipinski definition) is 4. The Balaban J connectivity index is 1.47. The number of benzene rings is 2. The molecule has 0 spiro atoms. The Labute approximate surface area is 158 Å². The first-order valence-corrected chi connectivity index (χ1v) is 9.09. The molecule has 0 saturated heterocycles. The topological polar surface area (TPSA) is 60.9 Å². The fourth-order valence-electron chi connectivity index (χ4n) is 3.47. The van der Waals surface area contributed by atoms with Crippen molar-refractivity contribution >= 4 is 22.9 Å². The monoisotopic (exact) mass is 361 g/mol. The van der Waals surface area contributed by atoms with E-state index in [0.717, 1.165) is 35.5 Å². The number of fused-ring (bicyclic) bond motifs is 1. The third kappa shape index (κ3) is 3.59. The maximum absolute atomic E-state index is 9.94. The first-order chi connectivity index (χ1) is 13.3. The first kappa shape index (κ1) is 17.4. The second-order valence-corrected chi connectivity index (χ2v) is 6.66.